The van der Waals surface area contributed by atoms with Crippen LogP contribution in [-0.4, -0.2) is 19.4 Å². The van der Waals surface area contributed by atoms with Gasteiger partial charge in [-0.25, -0.2) is 0 Å². The number of Topliss-reactive ketones (excluding diaryl/α,β-unsaturated/α-hetero) is 1. The molecule has 2 rings (SSSR count). The Hall–Kier alpha value is -1.39. The van der Waals surface area contributed by atoms with E-state index >= 15 is 0 Å². The van der Waals surface area contributed by atoms with Crippen molar-refractivity contribution in [2.24, 2.45) is 5.73 Å². The first kappa shape index (κ1) is 13.1. The Morgan fingerprint density at radius 1 is 1.28 bits per heavy atom. The van der Waals surface area contributed by atoms with Gasteiger partial charge >= 0.3 is 0 Å². The SMILES string of the molecule is COc1cc2ccc(Br)cc2cc1C(=O)CCN. The van der Waals surface area contributed by atoms with Crippen molar-refractivity contribution in [1.29, 1.82) is 0 Å². The van der Waals surface area contributed by atoms with Gasteiger partial charge in [-0.15, -0.1) is 0 Å². The summed E-state index contributed by atoms with van der Waals surface area (Å²) >= 11 is 3.42. The van der Waals surface area contributed by atoms with Crippen LogP contribution in [0.15, 0.2) is 34.8 Å². The molecule has 18 heavy (non-hydrogen) atoms. The number of ketones is 1. The lowest BCUT2D eigenvalue weighted by Crippen LogP contribution is -2.09. The molecule has 0 spiro atoms. The number of rotatable bonds is 4. The lowest BCUT2D eigenvalue weighted by molar-refractivity contribution is 0.0982. The van der Waals surface area contributed by atoms with Crippen LogP contribution in [0.5, 0.6) is 5.75 Å². The molecule has 94 valence electrons. The Morgan fingerprint density at radius 2 is 2.06 bits per heavy atom. The molecule has 0 aliphatic carbocycles. The van der Waals surface area contributed by atoms with E-state index in [0.29, 0.717) is 24.3 Å². The maximum Gasteiger partial charge on any atom is 0.167 e. The van der Waals surface area contributed by atoms with E-state index in [1.165, 1.54) is 0 Å². The molecular formula is C14H14BrNO2. The first-order chi connectivity index (χ1) is 8.65. The van der Waals surface area contributed by atoms with E-state index < -0.39 is 0 Å². The number of halogens is 1. The monoisotopic (exact) mass is 307 g/mol. The molecule has 0 aliphatic rings. The minimum absolute atomic E-state index is 0.0104. The molecule has 0 unspecified atom stereocenters. The molecule has 0 saturated carbocycles. The molecule has 0 atom stereocenters. The van der Waals surface area contributed by atoms with Crippen molar-refractivity contribution < 1.29 is 9.53 Å². The molecule has 0 aromatic heterocycles. The molecule has 2 aromatic rings. The highest BCUT2D eigenvalue weighted by molar-refractivity contribution is 9.10. The number of ether oxygens (including phenoxy) is 1. The van der Waals surface area contributed by atoms with Crippen LogP contribution in [0.3, 0.4) is 0 Å². The molecule has 2 N–H and O–H groups in total. The molecule has 3 nitrogen and oxygen atoms in total. The zero-order valence-electron chi connectivity index (χ0n) is 10.1. The summed E-state index contributed by atoms with van der Waals surface area (Å²) in [6, 6.07) is 9.67. The van der Waals surface area contributed by atoms with Gasteiger partial charge in [-0.1, -0.05) is 22.0 Å². The van der Waals surface area contributed by atoms with Crippen LogP contribution in [0.4, 0.5) is 0 Å². The second kappa shape index (κ2) is 5.50. The third kappa shape index (κ3) is 2.54. The van der Waals surface area contributed by atoms with Gasteiger partial charge in [0, 0.05) is 10.9 Å². The summed E-state index contributed by atoms with van der Waals surface area (Å²) in [5, 5.41) is 2.05. The molecule has 0 saturated heterocycles. The van der Waals surface area contributed by atoms with Crippen LogP contribution < -0.4 is 10.5 Å². The maximum absolute atomic E-state index is 12.0. The lowest BCUT2D eigenvalue weighted by Gasteiger charge is -2.09. The molecule has 4 heteroatoms. The molecular weight excluding hydrogens is 294 g/mol. The summed E-state index contributed by atoms with van der Waals surface area (Å²) in [6.45, 7) is 0.346. The maximum atomic E-state index is 12.0. The minimum atomic E-state index is 0.0104. The van der Waals surface area contributed by atoms with Crippen molar-refractivity contribution in [2.75, 3.05) is 13.7 Å². The van der Waals surface area contributed by atoms with Crippen LogP contribution in [0, 0.1) is 0 Å². The Labute approximate surface area is 114 Å². The van der Waals surface area contributed by atoms with E-state index in [-0.39, 0.29) is 5.78 Å². The number of hydrogen-bond acceptors (Lipinski definition) is 3. The van der Waals surface area contributed by atoms with Crippen LogP contribution in [-0.2, 0) is 0 Å². The van der Waals surface area contributed by atoms with E-state index in [0.717, 1.165) is 15.2 Å². The van der Waals surface area contributed by atoms with E-state index in [2.05, 4.69) is 15.9 Å². The number of fused-ring (bicyclic) bond motifs is 1. The predicted molar refractivity (Wildman–Crippen MR) is 76.2 cm³/mol. The van der Waals surface area contributed by atoms with Gasteiger partial charge in [0.15, 0.2) is 5.78 Å². The summed E-state index contributed by atoms with van der Waals surface area (Å²) < 4.78 is 6.26. The highest BCUT2D eigenvalue weighted by atomic mass is 79.9. The van der Waals surface area contributed by atoms with Crippen molar-refractivity contribution in [1.82, 2.24) is 0 Å². The largest absolute Gasteiger partial charge is 0.496 e. The summed E-state index contributed by atoms with van der Waals surface area (Å²) in [5.74, 6) is 0.611. The van der Waals surface area contributed by atoms with Gasteiger partial charge in [0.1, 0.15) is 5.75 Å². The fourth-order valence-corrected chi connectivity index (χ4v) is 2.28. The van der Waals surface area contributed by atoms with Crippen molar-refractivity contribution in [3.8, 4) is 5.75 Å². The van der Waals surface area contributed by atoms with Crippen LogP contribution in [0.1, 0.15) is 16.8 Å². The number of benzene rings is 2. The van der Waals surface area contributed by atoms with Crippen LogP contribution >= 0.6 is 15.9 Å². The van der Waals surface area contributed by atoms with Crippen molar-refractivity contribution in [2.45, 2.75) is 6.42 Å². The number of carbonyl (C=O) groups is 1. The molecule has 0 radical (unpaired) electrons. The summed E-state index contributed by atoms with van der Waals surface area (Å²) in [7, 11) is 1.57. The molecule has 0 bridgehead atoms. The first-order valence-electron chi connectivity index (χ1n) is 5.66. The van der Waals surface area contributed by atoms with Gasteiger partial charge < -0.3 is 10.5 Å². The molecule has 0 fully saturated rings. The van der Waals surface area contributed by atoms with E-state index in [4.69, 9.17) is 10.5 Å². The number of hydrogen-bond donors (Lipinski definition) is 1. The van der Waals surface area contributed by atoms with Gasteiger partial charge in [0.25, 0.3) is 0 Å². The zero-order valence-corrected chi connectivity index (χ0v) is 11.7. The Morgan fingerprint density at radius 3 is 2.72 bits per heavy atom. The Bertz CT molecular complexity index is 596. The highest BCUT2D eigenvalue weighted by Crippen LogP contribution is 2.28. The third-order valence-corrected chi connectivity index (χ3v) is 3.29. The standard InChI is InChI=1S/C14H14BrNO2/c1-18-14-8-9-2-3-11(15)6-10(9)7-12(14)13(17)4-5-16/h2-3,6-8H,4-5,16H2,1H3. The van der Waals surface area contributed by atoms with Gasteiger partial charge in [0.2, 0.25) is 0 Å². The fourth-order valence-electron chi connectivity index (χ4n) is 1.90. The fraction of sp³-hybridized carbons (Fsp3) is 0.214. The van der Waals surface area contributed by atoms with E-state index in [1.807, 2.05) is 30.3 Å². The molecule has 2 aromatic carbocycles. The number of nitrogens with two attached hydrogens (primary N) is 1. The van der Waals surface area contributed by atoms with Gasteiger partial charge in [0.05, 0.1) is 12.7 Å². The summed E-state index contributed by atoms with van der Waals surface area (Å²) in [5.41, 5.74) is 6.02. The Kier molecular flexibility index (Phi) is 3.99. The van der Waals surface area contributed by atoms with Gasteiger partial charge in [-0.2, -0.15) is 0 Å². The molecule has 0 amide bonds. The second-order valence-electron chi connectivity index (χ2n) is 4.01. The first-order valence-corrected chi connectivity index (χ1v) is 6.45. The number of methoxy groups -OCH3 is 1. The van der Waals surface area contributed by atoms with Crippen molar-refractivity contribution >= 4 is 32.5 Å². The van der Waals surface area contributed by atoms with Crippen molar-refractivity contribution in [3.05, 3.63) is 40.4 Å². The van der Waals surface area contributed by atoms with Gasteiger partial charge in [-0.05, 0) is 41.6 Å². The number of carbonyl (C=O) groups excluding carboxylic acids is 1. The molecule has 0 heterocycles. The average molecular weight is 308 g/mol. The third-order valence-electron chi connectivity index (χ3n) is 2.79. The van der Waals surface area contributed by atoms with Crippen LogP contribution in [0.25, 0.3) is 10.8 Å². The summed E-state index contributed by atoms with van der Waals surface area (Å²) in [4.78, 5) is 12.0. The smallest absolute Gasteiger partial charge is 0.167 e. The summed E-state index contributed by atoms with van der Waals surface area (Å²) in [6.07, 6.45) is 0.329. The second-order valence-corrected chi connectivity index (χ2v) is 4.92. The lowest BCUT2D eigenvalue weighted by atomic mass is 10.0. The van der Waals surface area contributed by atoms with Gasteiger partial charge in [-0.3, -0.25) is 4.79 Å². The quantitative estimate of drug-likeness (QED) is 0.883. The average Bonchev–Trinajstić information content (AvgIpc) is 2.37. The zero-order chi connectivity index (χ0) is 13.1. The van der Waals surface area contributed by atoms with E-state index in [9.17, 15) is 4.79 Å². The van der Waals surface area contributed by atoms with E-state index in [1.54, 1.807) is 7.11 Å². The van der Waals surface area contributed by atoms with Crippen LogP contribution in [0.2, 0.25) is 0 Å². The molecule has 0 aliphatic heterocycles. The minimum Gasteiger partial charge on any atom is -0.496 e. The van der Waals surface area contributed by atoms with Crippen molar-refractivity contribution in [3.63, 3.8) is 0 Å². The highest BCUT2D eigenvalue weighted by Gasteiger charge is 2.13. The topological polar surface area (TPSA) is 52.3 Å². The predicted octanol–water partition coefficient (Wildman–Crippen LogP) is 3.14. The Balaban J connectivity index is 2.60. The normalized spacial score (nSPS) is 10.6.